The van der Waals surface area contributed by atoms with E-state index in [4.69, 9.17) is 11.6 Å². The Labute approximate surface area is 71.5 Å². The summed E-state index contributed by atoms with van der Waals surface area (Å²) < 4.78 is 0. The normalized spacial score (nSPS) is 34.8. The van der Waals surface area contributed by atoms with Gasteiger partial charge in [-0.3, -0.25) is 4.99 Å². The minimum absolute atomic E-state index is 0.0891. The quantitative estimate of drug-likeness (QED) is 0.388. The van der Waals surface area contributed by atoms with Gasteiger partial charge in [0.1, 0.15) is 0 Å². The highest BCUT2D eigenvalue weighted by Gasteiger charge is 2.22. The fourth-order valence-electron chi connectivity index (χ4n) is 1.53. The fraction of sp³-hybridized carbons (Fsp3) is 0.444. The maximum atomic E-state index is 6.06. The van der Waals surface area contributed by atoms with Crippen molar-refractivity contribution in [2.24, 2.45) is 4.99 Å². The molecule has 0 spiro atoms. The van der Waals surface area contributed by atoms with Crippen molar-refractivity contribution in [3.63, 3.8) is 0 Å². The van der Waals surface area contributed by atoms with Crippen molar-refractivity contribution < 1.29 is 0 Å². The molecule has 11 heavy (non-hydrogen) atoms. The smallest absolute Gasteiger partial charge is 0.0757 e. The topological polar surface area (TPSA) is 12.4 Å². The lowest BCUT2D eigenvalue weighted by Gasteiger charge is -2.24. The van der Waals surface area contributed by atoms with Crippen molar-refractivity contribution >= 4 is 17.8 Å². The predicted molar refractivity (Wildman–Crippen MR) is 48.4 cm³/mol. The molecule has 0 fully saturated rings. The van der Waals surface area contributed by atoms with Crippen LogP contribution in [-0.4, -0.2) is 17.6 Å². The molecule has 0 radical (unpaired) electrons. The standard InChI is InChI=1S/C9H10ClN/c10-8-4-1-5-9-7(8)3-2-6-11-9/h1,3-4,6,8-9H,2,5H2. The highest BCUT2D eigenvalue weighted by Crippen LogP contribution is 2.27. The summed E-state index contributed by atoms with van der Waals surface area (Å²) >= 11 is 6.06. The Kier molecular flexibility index (Phi) is 1.82. The third kappa shape index (κ3) is 1.25. The molecule has 0 saturated heterocycles. The molecule has 2 aliphatic rings. The summed E-state index contributed by atoms with van der Waals surface area (Å²) in [6.45, 7) is 0. The fourth-order valence-corrected chi connectivity index (χ4v) is 1.87. The van der Waals surface area contributed by atoms with E-state index >= 15 is 0 Å². The zero-order chi connectivity index (χ0) is 7.68. The van der Waals surface area contributed by atoms with Crippen LogP contribution in [0.4, 0.5) is 0 Å². The Morgan fingerprint density at radius 1 is 1.55 bits per heavy atom. The molecular formula is C9H10ClN. The number of allylic oxidation sites excluding steroid dienone is 2. The molecule has 2 rings (SSSR count). The van der Waals surface area contributed by atoms with Gasteiger partial charge in [-0.2, -0.15) is 0 Å². The van der Waals surface area contributed by atoms with Crippen LogP contribution < -0.4 is 0 Å². The number of dihydropyridines is 1. The first-order valence-corrected chi connectivity index (χ1v) is 4.34. The summed E-state index contributed by atoms with van der Waals surface area (Å²) in [6.07, 6.45) is 10.3. The maximum absolute atomic E-state index is 6.06. The van der Waals surface area contributed by atoms with Gasteiger partial charge in [-0.15, -0.1) is 11.6 Å². The van der Waals surface area contributed by atoms with E-state index in [2.05, 4.69) is 17.1 Å². The number of halogens is 1. The molecule has 1 nitrogen and oxygen atoms in total. The number of hydrogen-bond acceptors (Lipinski definition) is 1. The van der Waals surface area contributed by atoms with Crippen molar-refractivity contribution in [1.82, 2.24) is 0 Å². The Bertz CT molecular complexity index is 240. The van der Waals surface area contributed by atoms with Crippen LogP contribution in [0.15, 0.2) is 28.8 Å². The van der Waals surface area contributed by atoms with E-state index in [9.17, 15) is 0 Å². The minimum atomic E-state index is 0.0891. The van der Waals surface area contributed by atoms with Gasteiger partial charge >= 0.3 is 0 Å². The summed E-state index contributed by atoms with van der Waals surface area (Å²) in [5, 5.41) is 0.0891. The minimum Gasteiger partial charge on any atom is -0.289 e. The van der Waals surface area contributed by atoms with Gasteiger partial charge in [-0.05, 0) is 12.0 Å². The van der Waals surface area contributed by atoms with E-state index in [0.717, 1.165) is 12.8 Å². The van der Waals surface area contributed by atoms with E-state index in [0.29, 0.717) is 6.04 Å². The highest BCUT2D eigenvalue weighted by atomic mass is 35.5. The van der Waals surface area contributed by atoms with Crippen molar-refractivity contribution in [2.75, 3.05) is 0 Å². The van der Waals surface area contributed by atoms with Crippen LogP contribution in [0.3, 0.4) is 0 Å². The van der Waals surface area contributed by atoms with Crippen LogP contribution in [0.5, 0.6) is 0 Å². The van der Waals surface area contributed by atoms with E-state index in [1.807, 2.05) is 12.3 Å². The third-order valence-corrected chi connectivity index (χ3v) is 2.51. The molecule has 0 amide bonds. The number of nitrogens with zero attached hydrogens (tertiary/aromatic N) is 1. The van der Waals surface area contributed by atoms with Crippen LogP contribution >= 0.6 is 11.6 Å². The second-order valence-electron chi connectivity index (χ2n) is 2.85. The van der Waals surface area contributed by atoms with E-state index in [1.165, 1.54) is 5.57 Å². The Morgan fingerprint density at radius 2 is 2.45 bits per heavy atom. The van der Waals surface area contributed by atoms with Gasteiger partial charge in [-0.1, -0.05) is 18.2 Å². The first-order valence-electron chi connectivity index (χ1n) is 3.90. The van der Waals surface area contributed by atoms with Crippen LogP contribution in [0.25, 0.3) is 0 Å². The zero-order valence-corrected chi connectivity index (χ0v) is 6.96. The van der Waals surface area contributed by atoms with E-state index < -0.39 is 0 Å². The predicted octanol–water partition coefficient (Wildman–Crippen LogP) is 2.32. The SMILES string of the molecule is ClC1C=CCC2N=CCC=C12. The molecule has 1 aliphatic heterocycles. The van der Waals surface area contributed by atoms with E-state index in [-0.39, 0.29) is 5.38 Å². The zero-order valence-electron chi connectivity index (χ0n) is 6.20. The summed E-state index contributed by atoms with van der Waals surface area (Å²) in [5.41, 5.74) is 1.29. The molecule has 58 valence electrons. The molecule has 0 aromatic rings. The third-order valence-electron chi connectivity index (χ3n) is 2.11. The number of aliphatic imine (C=N–C) groups is 1. The van der Waals surface area contributed by atoms with Gasteiger partial charge < -0.3 is 0 Å². The molecule has 0 bridgehead atoms. The maximum Gasteiger partial charge on any atom is 0.0757 e. The Morgan fingerprint density at radius 3 is 3.27 bits per heavy atom. The van der Waals surface area contributed by atoms with Crippen molar-refractivity contribution in [1.29, 1.82) is 0 Å². The van der Waals surface area contributed by atoms with Crippen molar-refractivity contribution in [3.05, 3.63) is 23.8 Å². The first kappa shape index (κ1) is 7.11. The van der Waals surface area contributed by atoms with Gasteiger partial charge in [0.05, 0.1) is 11.4 Å². The molecule has 1 aliphatic carbocycles. The van der Waals surface area contributed by atoms with Crippen LogP contribution in [0.1, 0.15) is 12.8 Å². The molecule has 0 N–H and O–H groups in total. The van der Waals surface area contributed by atoms with Gasteiger partial charge in [0, 0.05) is 12.6 Å². The molecule has 1 heterocycles. The number of alkyl halides is 1. The van der Waals surface area contributed by atoms with Crippen molar-refractivity contribution in [3.8, 4) is 0 Å². The molecule has 0 aromatic carbocycles. The largest absolute Gasteiger partial charge is 0.289 e. The van der Waals surface area contributed by atoms with Crippen LogP contribution in [0, 0.1) is 0 Å². The Balaban J connectivity index is 2.28. The number of hydrogen-bond donors (Lipinski definition) is 0. The first-order chi connectivity index (χ1) is 5.38. The second kappa shape index (κ2) is 2.82. The summed E-state index contributed by atoms with van der Waals surface area (Å²) in [4.78, 5) is 4.37. The lowest BCUT2D eigenvalue weighted by Crippen LogP contribution is -2.21. The van der Waals surface area contributed by atoms with Gasteiger partial charge in [0.25, 0.3) is 0 Å². The second-order valence-corrected chi connectivity index (χ2v) is 3.32. The van der Waals surface area contributed by atoms with Crippen LogP contribution in [0.2, 0.25) is 0 Å². The lowest BCUT2D eigenvalue weighted by molar-refractivity contribution is 0.735. The summed E-state index contributed by atoms with van der Waals surface area (Å²) in [5.74, 6) is 0. The molecule has 2 heteroatoms. The molecule has 0 aromatic heterocycles. The number of fused-ring (bicyclic) bond motifs is 1. The average Bonchev–Trinajstić information content (AvgIpc) is 2.06. The molecular weight excluding hydrogens is 158 g/mol. The molecule has 2 atom stereocenters. The van der Waals surface area contributed by atoms with Crippen molar-refractivity contribution in [2.45, 2.75) is 24.3 Å². The summed E-state index contributed by atoms with van der Waals surface area (Å²) in [6, 6.07) is 0.344. The lowest BCUT2D eigenvalue weighted by atomic mass is 9.93. The molecule has 2 unspecified atom stereocenters. The average molecular weight is 168 g/mol. The monoisotopic (exact) mass is 167 g/mol. The van der Waals surface area contributed by atoms with Gasteiger partial charge in [0.15, 0.2) is 0 Å². The van der Waals surface area contributed by atoms with Gasteiger partial charge in [0.2, 0.25) is 0 Å². The van der Waals surface area contributed by atoms with Crippen LogP contribution in [-0.2, 0) is 0 Å². The van der Waals surface area contributed by atoms with E-state index in [1.54, 1.807) is 0 Å². The summed E-state index contributed by atoms with van der Waals surface area (Å²) in [7, 11) is 0. The van der Waals surface area contributed by atoms with Gasteiger partial charge in [-0.25, -0.2) is 0 Å². The Hall–Kier alpha value is -0.560. The number of rotatable bonds is 0. The molecule has 0 saturated carbocycles. The highest BCUT2D eigenvalue weighted by molar-refractivity contribution is 6.23.